The highest BCUT2D eigenvalue weighted by Gasteiger charge is 2.34. The van der Waals surface area contributed by atoms with Crippen molar-refractivity contribution in [1.29, 1.82) is 0 Å². The maximum Gasteiger partial charge on any atom is 0.280 e. The van der Waals surface area contributed by atoms with Gasteiger partial charge in [-0.25, -0.2) is 4.98 Å². The van der Waals surface area contributed by atoms with Crippen molar-refractivity contribution in [2.75, 3.05) is 18.9 Å². The van der Waals surface area contributed by atoms with Crippen LogP contribution in [0.2, 0.25) is 0 Å². The van der Waals surface area contributed by atoms with Gasteiger partial charge in [-0.15, -0.1) is 0 Å². The summed E-state index contributed by atoms with van der Waals surface area (Å²) in [5.74, 6) is -0.679. The van der Waals surface area contributed by atoms with Gasteiger partial charge < -0.3 is 10.5 Å². The standard InChI is InChI=1S/C16H14N6O4/c17-16-19-12-11(13(23)20-16)18-7-21(12)8-26-6-5-22-14(24)9-3-1-2-4-10(9)15(22)25/h1-4,7H,5-6,8H2,(H3,17,19,20,23). The van der Waals surface area contributed by atoms with Crippen LogP contribution in [-0.2, 0) is 11.5 Å². The lowest BCUT2D eigenvalue weighted by Crippen LogP contribution is -2.33. The van der Waals surface area contributed by atoms with Crippen molar-refractivity contribution in [3.63, 3.8) is 0 Å². The van der Waals surface area contributed by atoms with Crippen molar-refractivity contribution in [2.45, 2.75) is 6.73 Å². The number of anilines is 1. The van der Waals surface area contributed by atoms with Crippen molar-refractivity contribution in [3.05, 3.63) is 52.1 Å². The number of hydrogen-bond acceptors (Lipinski definition) is 7. The highest BCUT2D eigenvalue weighted by atomic mass is 16.5. The smallest absolute Gasteiger partial charge is 0.280 e. The highest BCUT2D eigenvalue weighted by molar-refractivity contribution is 6.21. The number of imide groups is 1. The summed E-state index contributed by atoms with van der Waals surface area (Å²) in [6.07, 6.45) is 1.41. The molecule has 3 aromatic rings. The molecule has 2 amide bonds. The second kappa shape index (κ2) is 6.08. The highest BCUT2D eigenvalue weighted by Crippen LogP contribution is 2.21. The fraction of sp³-hybridized carbons (Fsp3) is 0.188. The van der Waals surface area contributed by atoms with E-state index in [0.717, 1.165) is 4.90 Å². The van der Waals surface area contributed by atoms with Gasteiger partial charge in [-0.2, -0.15) is 4.98 Å². The monoisotopic (exact) mass is 354 g/mol. The second-order valence-electron chi connectivity index (χ2n) is 5.68. The molecule has 0 saturated heterocycles. The van der Waals surface area contributed by atoms with Crippen LogP contribution in [0.15, 0.2) is 35.4 Å². The second-order valence-corrected chi connectivity index (χ2v) is 5.68. The van der Waals surface area contributed by atoms with E-state index in [1.54, 1.807) is 24.3 Å². The number of aromatic amines is 1. The first-order valence-electron chi connectivity index (χ1n) is 7.80. The first kappa shape index (κ1) is 16.0. The molecular weight excluding hydrogens is 340 g/mol. The zero-order valence-electron chi connectivity index (χ0n) is 13.5. The van der Waals surface area contributed by atoms with Gasteiger partial charge in [0.2, 0.25) is 5.95 Å². The zero-order chi connectivity index (χ0) is 18.3. The SMILES string of the molecule is Nc1nc2c(ncn2COCCN2C(=O)c3ccccc3C2=O)c(=O)[nH]1. The number of fused-ring (bicyclic) bond motifs is 2. The van der Waals surface area contributed by atoms with Gasteiger partial charge in [0.25, 0.3) is 17.4 Å². The number of nitrogens with zero attached hydrogens (tertiary/aromatic N) is 4. The first-order valence-corrected chi connectivity index (χ1v) is 7.80. The van der Waals surface area contributed by atoms with Crippen LogP contribution >= 0.6 is 0 Å². The quantitative estimate of drug-likeness (QED) is 0.485. The molecule has 0 spiro atoms. The minimum atomic E-state index is -0.433. The van der Waals surface area contributed by atoms with Gasteiger partial charge in [0.1, 0.15) is 6.73 Å². The lowest BCUT2D eigenvalue weighted by Gasteiger charge is -2.14. The maximum atomic E-state index is 12.3. The normalized spacial score (nSPS) is 13.6. The number of hydrogen-bond donors (Lipinski definition) is 2. The molecular formula is C16H14N6O4. The molecule has 0 atom stereocenters. The third-order valence-corrected chi connectivity index (χ3v) is 4.06. The number of aromatic nitrogens is 4. The molecule has 10 nitrogen and oxygen atoms in total. The van der Waals surface area contributed by atoms with E-state index in [2.05, 4.69) is 15.0 Å². The third kappa shape index (κ3) is 2.52. The fourth-order valence-electron chi connectivity index (χ4n) is 2.83. The van der Waals surface area contributed by atoms with Crippen LogP contribution in [0.1, 0.15) is 20.7 Å². The van der Waals surface area contributed by atoms with Crippen LogP contribution in [0.3, 0.4) is 0 Å². The Labute approximate surface area is 146 Å². The molecule has 0 radical (unpaired) electrons. The summed E-state index contributed by atoms with van der Waals surface area (Å²) in [7, 11) is 0. The average Bonchev–Trinajstić information content (AvgIpc) is 3.13. The molecule has 10 heteroatoms. The van der Waals surface area contributed by atoms with Gasteiger partial charge in [0.05, 0.1) is 30.6 Å². The summed E-state index contributed by atoms with van der Waals surface area (Å²) in [5.41, 5.74) is 6.35. The van der Waals surface area contributed by atoms with Crippen molar-refractivity contribution in [2.24, 2.45) is 0 Å². The Bertz CT molecular complexity index is 1050. The number of nitrogens with one attached hydrogen (secondary N) is 1. The number of imidazole rings is 1. The van der Waals surface area contributed by atoms with E-state index in [0.29, 0.717) is 16.8 Å². The van der Waals surface area contributed by atoms with E-state index in [9.17, 15) is 14.4 Å². The van der Waals surface area contributed by atoms with E-state index >= 15 is 0 Å². The van der Waals surface area contributed by atoms with Gasteiger partial charge in [-0.05, 0) is 12.1 Å². The van der Waals surface area contributed by atoms with Gasteiger partial charge in [-0.1, -0.05) is 12.1 Å². The largest absolute Gasteiger partial charge is 0.369 e. The number of nitrogen functional groups attached to an aromatic ring is 1. The van der Waals surface area contributed by atoms with Gasteiger partial charge in [-0.3, -0.25) is 28.8 Å². The minimum Gasteiger partial charge on any atom is -0.369 e. The average molecular weight is 354 g/mol. The number of carbonyl (C=O) groups excluding carboxylic acids is 2. The van der Waals surface area contributed by atoms with Crippen LogP contribution in [-0.4, -0.2) is 49.4 Å². The molecule has 26 heavy (non-hydrogen) atoms. The summed E-state index contributed by atoms with van der Waals surface area (Å²) in [6, 6.07) is 6.69. The topological polar surface area (TPSA) is 136 Å². The lowest BCUT2D eigenvalue weighted by molar-refractivity contribution is 0.0452. The summed E-state index contributed by atoms with van der Waals surface area (Å²) in [5, 5.41) is 0. The number of amides is 2. The molecule has 0 bridgehead atoms. The molecule has 0 fully saturated rings. The van der Waals surface area contributed by atoms with Crippen molar-refractivity contribution >= 4 is 28.9 Å². The number of benzene rings is 1. The predicted octanol–water partition coefficient (Wildman–Crippen LogP) is -0.0279. The van der Waals surface area contributed by atoms with Crippen molar-refractivity contribution in [1.82, 2.24) is 24.4 Å². The molecule has 132 valence electrons. The molecule has 1 aliphatic rings. The number of ether oxygens (including phenoxy) is 1. The fourth-order valence-corrected chi connectivity index (χ4v) is 2.83. The van der Waals surface area contributed by atoms with Gasteiger partial charge in [0.15, 0.2) is 11.2 Å². The van der Waals surface area contributed by atoms with Gasteiger partial charge >= 0.3 is 0 Å². The lowest BCUT2D eigenvalue weighted by atomic mass is 10.1. The number of rotatable bonds is 5. The zero-order valence-corrected chi connectivity index (χ0v) is 13.5. The third-order valence-electron chi connectivity index (χ3n) is 4.06. The molecule has 1 aliphatic heterocycles. The van der Waals surface area contributed by atoms with Gasteiger partial charge in [0, 0.05) is 0 Å². The Morgan fingerprint density at radius 1 is 1.12 bits per heavy atom. The predicted molar refractivity (Wildman–Crippen MR) is 90.3 cm³/mol. The Morgan fingerprint density at radius 3 is 2.50 bits per heavy atom. The van der Waals surface area contributed by atoms with E-state index in [1.165, 1.54) is 10.9 Å². The minimum absolute atomic E-state index is 0.0183. The van der Waals surface area contributed by atoms with Crippen molar-refractivity contribution in [3.8, 4) is 0 Å². The van der Waals surface area contributed by atoms with E-state index in [1.807, 2.05) is 0 Å². The van der Waals surface area contributed by atoms with Crippen molar-refractivity contribution < 1.29 is 14.3 Å². The Balaban J connectivity index is 1.40. The summed E-state index contributed by atoms with van der Waals surface area (Å²) >= 11 is 0. The molecule has 4 rings (SSSR count). The summed E-state index contributed by atoms with van der Waals surface area (Å²) in [4.78, 5) is 47.7. The molecule has 1 aromatic carbocycles. The van der Waals surface area contributed by atoms with E-state index in [4.69, 9.17) is 10.5 Å². The van der Waals surface area contributed by atoms with Crippen LogP contribution in [0, 0.1) is 0 Å². The summed E-state index contributed by atoms with van der Waals surface area (Å²) in [6.45, 7) is 0.300. The molecule has 0 aliphatic carbocycles. The Morgan fingerprint density at radius 2 is 1.81 bits per heavy atom. The number of carbonyl (C=O) groups is 2. The van der Waals surface area contributed by atoms with Crippen LogP contribution in [0.4, 0.5) is 5.95 Å². The Hall–Kier alpha value is -3.53. The molecule has 0 unspecified atom stereocenters. The van der Waals surface area contributed by atoms with E-state index < -0.39 is 5.56 Å². The maximum absolute atomic E-state index is 12.3. The Kier molecular flexibility index (Phi) is 3.73. The van der Waals surface area contributed by atoms with Crippen LogP contribution in [0.5, 0.6) is 0 Å². The molecule has 3 heterocycles. The van der Waals surface area contributed by atoms with Crippen LogP contribution < -0.4 is 11.3 Å². The van der Waals surface area contributed by atoms with E-state index in [-0.39, 0.29) is 43.2 Å². The first-order chi connectivity index (χ1) is 12.6. The number of nitrogens with two attached hydrogens (primary N) is 1. The number of H-pyrrole nitrogens is 1. The van der Waals surface area contributed by atoms with Crippen LogP contribution in [0.25, 0.3) is 11.2 Å². The molecule has 2 aromatic heterocycles. The summed E-state index contributed by atoms with van der Waals surface area (Å²) < 4.78 is 7.02. The molecule has 3 N–H and O–H groups in total. The molecule has 0 saturated carbocycles.